The number of carbonyl (C=O) groups is 2. The lowest BCUT2D eigenvalue weighted by Crippen LogP contribution is -2.50. The fourth-order valence-corrected chi connectivity index (χ4v) is 3.56. The van der Waals surface area contributed by atoms with Crippen LogP contribution in [0.15, 0.2) is 78.9 Å². The van der Waals surface area contributed by atoms with Gasteiger partial charge in [-0.05, 0) is 73.4 Å². The van der Waals surface area contributed by atoms with Gasteiger partial charge in [-0.15, -0.1) is 0 Å². The Morgan fingerprint density at radius 2 is 1.34 bits per heavy atom. The van der Waals surface area contributed by atoms with Gasteiger partial charge in [-0.1, -0.05) is 30.3 Å². The molecule has 0 radical (unpaired) electrons. The molecular formula is C24H22N2O3. The van der Waals surface area contributed by atoms with Gasteiger partial charge in [0.2, 0.25) is 5.91 Å². The summed E-state index contributed by atoms with van der Waals surface area (Å²) in [4.78, 5) is 23.9. The summed E-state index contributed by atoms with van der Waals surface area (Å²) in [5.41, 5.74) is 7.13. The molecule has 0 atom stereocenters. The van der Waals surface area contributed by atoms with Crippen LogP contribution in [0.4, 0.5) is 0 Å². The molecule has 3 aromatic rings. The SMILES string of the molecule is NC(=O)c1ccc(Oc2ccc(C(=O)NC3(c4ccccc4)CCC3)cc2)cc1. The molecule has 3 aromatic carbocycles. The molecule has 29 heavy (non-hydrogen) atoms. The average molecular weight is 386 g/mol. The Morgan fingerprint density at radius 1 is 0.793 bits per heavy atom. The molecule has 5 nitrogen and oxygen atoms in total. The second-order valence-corrected chi connectivity index (χ2v) is 7.27. The summed E-state index contributed by atoms with van der Waals surface area (Å²) in [6.07, 6.45) is 3.01. The number of nitrogens with two attached hydrogens (primary N) is 1. The molecule has 3 N–H and O–H groups in total. The van der Waals surface area contributed by atoms with Gasteiger partial charge >= 0.3 is 0 Å². The van der Waals surface area contributed by atoms with E-state index in [1.165, 1.54) is 0 Å². The predicted octanol–water partition coefficient (Wildman–Crippen LogP) is 4.39. The maximum Gasteiger partial charge on any atom is 0.251 e. The number of amides is 2. The van der Waals surface area contributed by atoms with Crippen LogP contribution in [0.25, 0.3) is 0 Å². The van der Waals surface area contributed by atoms with Gasteiger partial charge in [0.15, 0.2) is 0 Å². The zero-order chi connectivity index (χ0) is 20.3. The Labute approximate surface area is 169 Å². The van der Waals surface area contributed by atoms with Crippen LogP contribution in [-0.4, -0.2) is 11.8 Å². The van der Waals surface area contributed by atoms with E-state index in [1.807, 2.05) is 18.2 Å². The number of carbonyl (C=O) groups excluding carboxylic acids is 2. The summed E-state index contributed by atoms with van der Waals surface area (Å²) in [5.74, 6) is 0.622. The molecule has 1 aliphatic rings. The zero-order valence-corrected chi connectivity index (χ0v) is 15.9. The molecule has 0 saturated heterocycles. The van der Waals surface area contributed by atoms with Crippen molar-refractivity contribution in [2.45, 2.75) is 24.8 Å². The topological polar surface area (TPSA) is 81.4 Å². The van der Waals surface area contributed by atoms with E-state index >= 15 is 0 Å². The Hall–Kier alpha value is -3.60. The molecule has 4 rings (SSSR count). The average Bonchev–Trinajstić information content (AvgIpc) is 2.72. The molecule has 5 heteroatoms. The number of nitrogens with one attached hydrogen (secondary N) is 1. The summed E-state index contributed by atoms with van der Waals surface area (Å²) in [7, 11) is 0. The Balaban J connectivity index is 1.43. The third kappa shape index (κ3) is 3.99. The van der Waals surface area contributed by atoms with Crippen molar-refractivity contribution in [2.24, 2.45) is 5.73 Å². The van der Waals surface area contributed by atoms with Gasteiger partial charge in [0, 0.05) is 11.1 Å². The first-order valence-electron chi connectivity index (χ1n) is 9.62. The fraction of sp³-hybridized carbons (Fsp3) is 0.167. The molecule has 1 saturated carbocycles. The fourth-order valence-electron chi connectivity index (χ4n) is 3.56. The summed E-state index contributed by atoms with van der Waals surface area (Å²) in [5, 5.41) is 3.22. The Kier molecular flexibility index (Phi) is 5.04. The minimum absolute atomic E-state index is 0.0917. The van der Waals surface area contributed by atoms with Gasteiger partial charge in [0.1, 0.15) is 11.5 Å². The van der Waals surface area contributed by atoms with E-state index in [2.05, 4.69) is 17.4 Å². The number of rotatable bonds is 6. The molecular weight excluding hydrogens is 364 g/mol. The molecule has 146 valence electrons. The van der Waals surface area contributed by atoms with Crippen LogP contribution >= 0.6 is 0 Å². The van der Waals surface area contributed by atoms with Crippen LogP contribution in [0.5, 0.6) is 11.5 Å². The number of benzene rings is 3. The van der Waals surface area contributed by atoms with Crippen LogP contribution in [0.1, 0.15) is 45.5 Å². The Morgan fingerprint density at radius 3 is 1.83 bits per heavy atom. The molecule has 0 aliphatic heterocycles. The molecule has 1 fully saturated rings. The second kappa shape index (κ2) is 7.80. The van der Waals surface area contributed by atoms with Crippen molar-refractivity contribution in [1.82, 2.24) is 5.32 Å². The minimum Gasteiger partial charge on any atom is -0.457 e. The number of hydrogen-bond donors (Lipinski definition) is 2. The van der Waals surface area contributed by atoms with Crippen molar-refractivity contribution in [3.8, 4) is 11.5 Å². The van der Waals surface area contributed by atoms with Crippen LogP contribution < -0.4 is 15.8 Å². The first kappa shape index (κ1) is 18.7. The van der Waals surface area contributed by atoms with E-state index in [0.717, 1.165) is 24.8 Å². The third-order valence-corrected chi connectivity index (χ3v) is 5.38. The third-order valence-electron chi connectivity index (χ3n) is 5.38. The number of ether oxygens (including phenoxy) is 1. The van der Waals surface area contributed by atoms with Crippen LogP contribution in [0, 0.1) is 0 Å². The maximum absolute atomic E-state index is 12.8. The van der Waals surface area contributed by atoms with Gasteiger partial charge < -0.3 is 15.8 Å². The van der Waals surface area contributed by atoms with Crippen molar-refractivity contribution < 1.29 is 14.3 Å². The van der Waals surface area contributed by atoms with Crippen LogP contribution in [0.2, 0.25) is 0 Å². The molecule has 0 aromatic heterocycles. The lowest BCUT2D eigenvalue weighted by molar-refractivity contribution is 0.0823. The first-order chi connectivity index (χ1) is 14.1. The van der Waals surface area contributed by atoms with Crippen LogP contribution in [0.3, 0.4) is 0 Å². The van der Waals surface area contributed by atoms with E-state index < -0.39 is 5.91 Å². The largest absolute Gasteiger partial charge is 0.457 e. The molecule has 0 spiro atoms. The summed E-state index contributed by atoms with van der Waals surface area (Å²) in [6, 6.07) is 23.7. The Bertz CT molecular complexity index is 1010. The highest BCUT2D eigenvalue weighted by Gasteiger charge is 2.39. The lowest BCUT2D eigenvalue weighted by atomic mass is 9.71. The standard InChI is InChI=1S/C24H22N2O3/c25-22(27)17-7-11-20(12-8-17)29-21-13-9-18(10-14-21)23(28)26-24(15-4-16-24)19-5-2-1-3-6-19/h1-3,5-14H,4,15-16H2,(H2,25,27)(H,26,28). The van der Waals surface area contributed by atoms with Gasteiger partial charge in [-0.3, -0.25) is 9.59 Å². The van der Waals surface area contributed by atoms with E-state index in [-0.39, 0.29) is 11.4 Å². The smallest absolute Gasteiger partial charge is 0.251 e. The van der Waals surface area contributed by atoms with Gasteiger partial charge in [-0.25, -0.2) is 0 Å². The monoisotopic (exact) mass is 386 g/mol. The van der Waals surface area contributed by atoms with Gasteiger partial charge in [-0.2, -0.15) is 0 Å². The molecule has 1 aliphatic carbocycles. The highest BCUT2D eigenvalue weighted by Crippen LogP contribution is 2.41. The molecule has 0 heterocycles. The van der Waals surface area contributed by atoms with E-state index in [9.17, 15) is 9.59 Å². The maximum atomic E-state index is 12.8. The van der Waals surface area contributed by atoms with Crippen LogP contribution in [-0.2, 0) is 5.54 Å². The second-order valence-electron chi connectivity index (χ2n) is 7.27. The quantitative estimate of drug-likeness (QED) is 0.659. The molecule has 0 bridgehead atoms. The van der Waals surface area contributed by atoms with E-state index in [1.54, 1.807) is 48.5 Å². The normalized spacial score (nSPS) is 14.5. The van der Waals surface area contributed by atoms with Gasteiger partial charge in [0.25, 0.3) is 5.91 Å². The van der Waals surface area contributed by atoms with Crippen molar-refractivity contribution in [2.75, 3.05) is 0 Å². The summed E-state index contributed by atoms with van der Waals surface area (Å²) < 4.78 is 5.77. The minimum atomic E-state index is -0.480. The lowest BCUT2D eigenvalue weighted by Gasteiger charge is -2.43. The highest BCUT2D eigenvalue weighted by molar-refractivity contribution is 5.95. The van der Waals surface area contributed by atoms with Crippen molar-refractivity contribution >= 4 is 11.8 Å². The first-order valence-corrected chi connectivity index (χ1v) is 9.62. The van der Waals surface area contributed by atoms with Crippen molar-refractivity contribution in [1.29, 1.82) is 0 Å². The molecule has 2 amide bonds. The van der Waals surface area contributed by atoms with Crippen molar-refractivity contribution in [3.05, 3.63) is 95.6 Å². The van der Waals surface area contributed by atoms with E-state index in [4.69, 9.17) is 10.5 Å². The summed E-state index contributed by atoms with van der Waals surface area (Å²) >= 11 is 0. The predicted molar refractivity (Wildman–Crippen MR) is 111 cm³/mol. The number of hydrogen-bond acceptors (Lipinski definition) is 3. The van der Waals surface area contributed by atoms with Crippen molar-refractivity contribution in [3.63, 3.8) is 0 Å². The molecule has 0 unspecified atom stereocenters. The van der Waals surface area contributed by atoms with Gasteiger partial charge in [0.05, 0.1) is 5.54 Å². The van der Waals surface area contributed by atoms with E-state index in [0.29, 0.717) is 22.6 Å². The summed E-state index contributed by atoms with van der Waals surface area (Å²) in [6.45, 7) is 0. The zero-order valence-electron chi connectivity index (χ0n) is 15.9. The highest BCUT2D eigenvalue weighted by atomic mass is 16.5. The number of primary amides is 1.